The Bertz CT molecular complexity index is 530. The zero-order chi connectivity index (χ0) is 13.4. The van der Waals surface area contributed by atoms with Gasteiger partial charge in [-0.25, -0.2) is 4.79 Å². The Morgan fingerprint density at radius 1 is 1.39 bits per heavy atom. The molecule has 0 saturated carbocycles. The monoisotopic (exact) mass is 241 g/mol. The van der Waals surface area contributed by atoms with Crippen molar-refractivity contribution in [1.29, 1.82) is 5.26 Å². The predicted octanol–water partition coefficient (Wildman–Crippen LogP) is 3.19. The van der Waals surface area contributed by atoms with Gasteiger partial charge < -0.3 is 5.11 Å². The van der Waals surface area contributed by atoms with Crippen molar-refractivity contribution in [3.05, 3.63) is 34.9 Å². The summed E-state index contributed by atoms with van der Waals surface area (Å²) >= 11 is 0. The highest BCUT2D eigenvalue weighted by atomic mass is 16.4. The number of carboxylic acid groups (broad SMARTS) is 1. The molecule has 3 heteroatoms. The summed E-state index contributed by atoms with van der Waals surface area (Å²) in [4.78, 5) is 11.0. The van der Waals surface area contributed by atoms with Crippen LogP contribution in [0.15, 0.2) is 18.2 Å². The molecule has 18 heavy (non-hydrogen) atoms. The summed E-state index contributed by atoms with van der Waals surface area (Å²) in [5.74, 6) is 4.79. The number of rotatable bonds is 4. The molecule has 0 saturated heterocycles. The average Bonchev–Trinajstić information content (AvgIpc) is 2.38. The fraction of sp³-hybridized carbons (Fsp3) is 0.333. The minimum Gasteiger partial charge on any atom is -0.478 e. The molecule has 1 aromatic carbocycles. The number of nitrogens with zero attached hydrogens (tertiary/aromatic N) is 1. The van der Waals surface area contributed by atoms with Gasteiger partial charge in [-0.05, 0) is 24.6 Å². The Hall–Kier alpha value is -2.26. The van der Waals surface area contributed by atoms with Crippen molar-refractivity contribution in [2.45, 2.75) is 32.6 Å². The molecule has 0 radical (unpaired) electrons. The molecular formula is C15H15NO2. The van der Waals surface area contributed by atoms with Gasteiger partial charge in [0.2, 0.25) is 0 Å². The number of aromatic carboxylic acids is 1. The van der Waals surface area contributed by atoms with E-state index < -0.39 is 5.97 Å². The fourth-order valence-electron chi connectivity index (χ4n) is 1.52. The van der Waals surface area contributed by atoms with E-state index in [1.165, 1.54) is 18.2 Å². The third kappa shape index (κ3) is 3.96. The second kappa shape index (κ2) is 7.14. The maximum Gasteiger partial charge on any atom is 0.336 e. The number of nitriles is 1. The Balaban J connectivity index is 2.91. The largest absolute Gasteiger partial charge is 0.478 e. The molecule has 0 aliphatic rings. The van der Waals surface area contributed by atoms with Crippen molar-refractivity contribution in [3.63, 3.8) is 0 Å². The van der Waals surface area contributed by atoms with Crippen LogP contribution >= 0.6 is 0 Å². The highest BCUT2D eigenvalue weighted by molar-refractivity contribution is 5.91. The fourth-order valence-corrected chi connectivity index (χ4v) is 1.52. The molecule has 0 aliphatic heterocycles. The zero-order valence-corrected chi connectivity index (χ0v) is 10.4. The molecule has 0 fully saturated rings. The molecule has 0 unspecified atom stereocenters. The summed E-state index contributed by atoms with van der Waals surface area (Å²) in [6.45, 7) is 2.12. The van der Waals surface area contributed by atoms with Crippen LogP contribution in [0.3, 0.4) is 0 Å². The van der Waals surface area contributed by atoms with Crippen LogP contribution in [0.25, 0.3) is 0 Å². The van der Waals surface area contributed by atoms with Crippen molar-refractivity contribution >= 4 is 5.97 Å². The second-order valence-corrected chi connectivity index (χ2v) is 3.94. The van der Waals surface area contributed by atoms with E-state index in [0.29, 0.717) is 11.1 Å². The highest BCUT2D eigenvalue weighted by Gasteiger charge is 2.08. The normalized spacial score (nSPS) is 9.11. The highest BCUT2D eigenvalue weighted by Crippen LogP contribution is 2.11. The van der Waals surface area contributed by atoms with Gasteiger partial charge in [0.05, 0.1) is 17.2 Å². The predicted molar refractivity (Wildman–Crippen MR) is 69.1 cm³/mol. The molecule has 3 nitrogen and oxygen atoms in total. The first-order valence-corrected chi connectivity index (χ1v) is 5.95. The molecule has 0 heterocycles. The third-order valence-electron chi connectivity index (χ3n) is 2.51. The van der Waals surface area contributed by atoms with Gasteiger partial charge in [-0.15, -0.1) is 0 Å². The third-order valence-corrected chi connectivity index (χ3v) is 2.51. The number of unbranched alkanes of at least 4 members (excludes halogenated alkanes) is 3. The molecule has 0 atom stereocenters. The lowest BCUT2D eigenvalue weighted by atomic mass is 10.0. The minimum absolute atomic E-state index is 0.150. The van der Waals surface area contributed by atoms with E-state index in [1.54, 1.807) is 0 Å². The molecule has 0 aliphatic carbocycles. The second-order valence-electron chi connectivity index (χ2n) is 3.94. The number of benzene rings is 1. The van der Waals surface area contributed by atoms with E-state index in [2.05, 4.69) is 18.8 Å². The van der Waals surface area contributed by atoms with Crippen LogP contribution in [0.5, 0.6) is 0 Å². The van der Waals surface area contributed by atoms with Gasteiger partial charge in [0.15, 0.2) is 0 Å². The maximum atomic E-state index is 11.0. The Labute approximate surface area is 107 Å². The first kappa shape index (κ1) is 13.8. The van der Waals surface area contributed by atoms with Gasteiger partial charge in [0, 0.05) is 12.0 Å². The summed E-state index contributed by atoms with van der Waals surface area (Å²) in [6, 6.07) is 6.43. The van der Waals surface area contributed by atoms with E-state index in [4.69, 9.17) is 10.4 Å². The van der Waals surface area contributed by atoms with Crippen LogP contribution in [0.1, 0.15) is 54.1 Å². The summed E-state index contributed by atoms with van der Waals surface area (Å²) in [6.07, 6.45) is 4.03. The van der Waals surface area contributed by atoms with Crippen molar-refractivity contribution in [3.8, 4) is 17.9 Å². The van der Waals surface area contributed by atoms with E-state index >= 15 is 0 Å². The van der Waals surface area contributed by atoms with Crippen LogP contribution in [-0.4, -0.2) is 11.1 Å². The summed E-state index contributed by atoms with van der Waals surface area (Å²) in [5.41, 5.74) is 0.993. The lowest BCUT2D eigenvalue weighted by molar-refractivity contribution is 0.0696. The summed E-state index contributed by atoms with van der Waals surface area (Å²) in [7, 11) is 0. The molecular weight excluding hydrogens is 226 g/mol. The van der Waals surface area contributed by atoms with Gasteiger partial charge in [-0.2, -0.15) is 5.26 Å². The molecule has 0 amide bonds. The Morgan fingerprint density at radius 2 is 2.17 bits per heavy atom. The lowest BCUT2D eigenvalue weighted by Crippen LogP contribution is -2.00. The molecule has 1 rings (SSSR count). The molecule has 1 N–H and O–H groups in total. The van der Waals surface area contributed by atoms with Crippen LogP contribution < -0.4 is 0 Å². The van der Waals surface area contributed by atoms with Crippen LogP contribution in [-0.2, 0) is 0 Å². The van der Waals surface area contributed by atoms with Gasteiger partial charge >= 0.3 is 5.97 Å². The van der Waals surface area contributed by atoms with Crippen LogP contribution in [0.4, 0.5) is 0 Å². The Kier molecular flexibility index (Phi) is 5.48. The standard InChI is InChI=1S/C15H15NO2/c1-2-3-4-5-6-7-13-10-12(11-16)8-9-14(13)15(17)18/h8-10H,2-5H2,1H3,(H,17,18). The SMILES string of the molecule is CCCCCC#Cc1cc(C#N)ccc1C(=O)O. The van der Waals surface area contributed by atoms with E-state index in [-0.39, 0.29) is 5.56 Å². The number of carbonyl (C=O) groups is 1. The Morgan fingerprint density at radius 3 is 2.78 bits per heavy atom. The maximum absolute atomic E-state index is 11.0. The topological polar surface area (TPSA) is 61.1 Å². The van der Waals surface area contributed by atoms with Gasteiger partial charge in [-0.3, -0.25) is 0 Å². The first-order chi connectivity index (χ1) is 8.69. The number of hydrogen-bond donors (Lipinski definition) is 1. The molecule has 1 aromatic rings. The molecule has 0 bridgehead atoms. The van der Waals surface area contributed by atoms with Gasteiger partial charge in [-0.1, -0.05) is 31.6 Å². The number of hydrogen-bond acceptors (Lipinski definition) is 2. The van der Waals surface area contributed by atoms with Gasteiger partial charge in [0.1, 0.15) is 0 Å². The molecule has 0 aromatic heterocycles. The first-order valence-electron chi connectivity index (χ1n) is 5.95. The van der Waals surface area contributed by atoms with Crippen molar-refractivity contribution in [2.75, 3.05) is 0 Å². The summed E-state index contributed by atoms with van der Waals surface area (Å²) < 4.78 is 0. The quantitative estimate of drug-likeness (QED) is 0.650. The van der Waals surface area contributed by atoms with Crippen molar-refractivity contribution < 1.29 is 9.90 Å². The van der Waals surface area contributed by atoms with Crippen LogP contribution in [0.2, 0.25) is 0 Å². The summed E-state index contributed by atoms with van der Waals surface area (Å²) in [5, 5.41) is 17.8. The van der Waals surface area contributed by atoms with E-state index in [0.717, 1.165) is 25.7 Å². The number of carboxylic acids is 1. The molecule has 92 valence electrons. The van der Waals surface area contributed by atoms with Crippen molar-refractivity contribution in [2.24, 2.45) is 0 Å². The lowest BCUT2D eigenvalue weighted by Gasteiger charge is -1.99. The average molecular weight is 241 g/mol. The molecule has 0 spiro atoms. The minimum atomic E-state index is -1.02. The van der Waals surface area contributed by atoms with Crippen LogP contribution in [0, 0.1) is 23.2 Å². The van der Waals surface area contributed by atoms with E-state index in [9.17, 15) is 4.79 Å². The smallest absolute Gasteiger partial charge is 0.336 e. The van der Waals surface area contributed by atoms with Crippen molar-refractivity contribution in [1.82, 2.24) is 0 Å². The van der Waals surface area contributed by atoms with E-state index in [1.807, 2.05) is 6.07 Å². The zero-order valence-electron chi connectivity index (χ0n) is 10.4. The van der Waals surface area contributed by atoms with Gasteiger partial charge in [0.25, 0.3) is 0 Å².